The van der Waals surface area contributed by atoms with Crippen LogP contribution in [0, 0.1) is 5.82 Å². The van der Waals surface area contributed by atoms with Gasteiger partial charge in [0, 0.05) is 18.3 Å². The predicted octanol–water partition coefficient (Wildman–Crippen LogP) is 2.84. The third-order valence-corrected chi connectivity index (χ3v) is 3.37. The average Bonchev–Trinajstić information content (AvgIpc) is 2.46. The van der Waals surface area contributed by atoms with E-state index in [-0.39, 0.29) is 11.4 Å². The molecule has 0 aliphatic rings. The van der Waals surface area contributed by atoms with Gasteiger partial charge in [0.2, 0.25) is 0 Å². The molecule has 3 nitrogen and oxygen atoms in total. The van der Waals surface area contributed by atoms with E-state index in [1.54, 1.807) is 29.0 Å². The van der Waals surface area contributed by atoms with Crippen molar-refractivity contribution in [2.75, 3.05) is 0 Å². The minimum absolute atomic E-state index is 0.0715. The van der Waals surface area contributed by atoms with Gasteiger partial charge in [-0.05, 0) is 30.2 Å². The zero-order chi connectivity index (χ0) is 14.5. The van der Waals surface area contributed by atoms with E-state index in [4.69, 9.17) is 5.73 Å². The van der Waals surface area contributed by atoms with Crippen LogP contribution in [0.15, 0.2) is 47.4 Å². The first-order valence-electron chi connectivity index (χ1n) is 6.84. The summed E-state index contributed by atoms with van der Waals surface area (Å²) in [7, 11) is 0. The number of hydrogen-bond donors (Lipinski definition) is 1. The maximum absolute atomic E-state index is 12.9. The number of benzene rings is 1. The second kappa shape index (κ2) is 6.48. The van der Waals surface area contributed by atoms with E-state index in [9.17, 15) is 9.18 Å². The molecule has 1 unspecified atom stereocenters. The third kappa shape index (κ3) is 3.14. The molecule has 106 valence electrons. The Hall–Kier alpha value is -1.94. The lowest BCUT2D eigenvalue weighted by Crippen LogP contribution is -2.28. The Bertz CT molecular complexity index is 619. The summed E-state index contributed by atoms with van der Waals surface area (Å²) in [5.74, 6) is -0.311. The normalized spacial score (nSPS) is 12.3. The Kier molecular flexibility index (Phi) is 4.69. The highest BCUT2D eigenvalue weighted by atomic mass is 19.1. The lowest BCUT2D eigenvalue weighted by molar-refractivity contribution is 0.604. The van der Waals surface area contributed by atoms with Crippen LogP contribution in [-0.4, -0.2) is 4.57 Å². The van der Waals surface area contributed by atoms with Crippen molar-refractivity contribution in [3.63, 3.8) is 0 Å². The smallest absolute Gasteiger partial charge is 0.255 e. The zero-order valence-corrected chi connectivity index (χ0v) is 11.6. The predicted molar refractivity (Wildman–Crippen MR) is 78.0 cm³/mol. The van der Waals surface area contributed by atoms with Gasteiger partial charge < -0.3 is 10.3 Å². The second-order valence-electron chi connectivity index (χ2n) is 4.84. The molecular weight excluding hydrogens is 255 g/mol. The monoisotopic (exact) mass is 274 g/mol. The number of aromatic nitrogens is 1. The van der Waals surface area contributed by atoms with Crippen molar-refractivity contribution in [3.05, 3.63) is 69.9 Å². The van der Waals surface area contributed by atoms with Crippen LogP contribution in [0.25, 0.3) is 0 Å². The van der Waals surface area contributed by atoms with E-state index in [1.807, 2.05) is 6.07 Å². The van der Waals surface area contributed by atoms with E-state index in [0.29, 0.717) is 12.1 Å². The van der Waals surface area contributed by atoms with Crippen LogP contribution >= 0.6 is 0 Å². The van der Waals surface area contributed by atoms with Crippen molar-refractivity contribution in [1.29, 1.82) is 0 Å². The quantitative estimate of drug-likeness (QED) is 0.911. The first-order valence-corrected chi connectivity index (χ1v) is 6.84. The molecule has 4 heteroatoms. The molecule has 2 aromatic rings. The second-order valence-corrected chi connectivity index (χ2v) is 4.84. The van der Waals surface area contributed by atoms with Gasteiger partial charge in [-0.2, -0.15) is 0 Å². The number of hydrogen-bond acceptors (Lipinski definition) is 2. The average molecular weight is 274 g/mol. The number of pyridine rings is 1. The highest BCUT2D eigenvalue weighted by Crippen LogP contribution is 2.16. The van der Waals surface area contributed by atoms with Crippen LogP contribution < -0.4 is 11.3 Å². The Balaban J connectivity index is 2.32. The fourth-order valence-electron chi connectivity index (χ4n) is 2.15. The van der Waals surface area contributed by atoms with Crippen LogP contribution in [0.4, 0.5) is 4.39 Å². The molecule has 0 saturated carbocycles. The van der Waals surface area contributed by atoms with Gasteiger partial charge in [0.05, 0.1) is 6.04 Å². The lowest BCUT2D eigenvalue weighted by atomic mass is 10.0. The van der Waals surface area contributed by atoms with Crippen molar-refractivity contribution < 1.29 is 4.39 Å². The van der Waals surface area contributed by atoms with Gasteiger partial charge in [-0.1, -0.05) is 31.5 Å². The molecule has 1 aromatic heterocycles. The molecular formula is C16H19FN2O. The van der Waals surface area contributed by atoms with E-state index < -0.39 is 6.04 Å². The van der Waals surface area contributed by atoms with Crippen LogP contribution in [0.2, 0.25) is 0 Å². The summed E-state index contributed by atoms with van der Waals surface area (Å²) in [5.41, 5.74) is 7.33. The number of nitrogens with two attached hydrogens (primary N) is 1. The van der Waals surface area contributed by atoms with Crippen LogP contribution in [0.3, 0.4) is 0 Å². The van der Waals surface area contributed by atoms with Crippen molar-refractivity contribution in [1.82, 2.24) is 4.57 Å². The lowest BCUT2D eigenvalue weighted by Gasteiger charge is -2.14. The number of aryl methyl sites for hydroxylation is 1. The molecule has 0 bridgehead atoms. The van der Waals surface area contributed by atoms with Gasteiger partial charge >= 0.3 is 0 Å². The summed E-state index contributed by atoms with van der Waals surface area (Å²) < 4.78 is 14.6. The highest BCUT2D eigenvalue weighted by molar-refractivity contribution is 5.29. The number of nitrogens with zero attached hydrogens (tertiary/aromatic N) is 1. The van der Waals surface area contributed by atoms with E-state index in [1.165, 1.54) is 12.1 Å². The number of unbranched alkanes of at least 4 members (excludes halogenated alkanes) is 1. The maximum Gasteiger partial charge on any atom is 0.255 e. The SMILES string of the molecule is CCCCn1cccc(C(N)c2ccc(F)cc2)c1=O. The van der Waals surface area contributed by atoms with Crippen LogP contribution in [-0.2, 0) is 6.54 Å². The molecule has 0 aliphatic heterocycles. The van der Waals surface area contributed by atoms with Gasteiger partial charge in [0.15, 0.2) is 0 Å². The molecule has 0 aliphatic carbocycles. The molecule has 0 spiro atoms. The van der Waals surface area contributed by atoms with Crippen LogP contribution in [0.5, 0.6) is 0 Å². The van der Waals surface area contributed by atoms with Crippen molar-refractivity contribution in [2.24, 2.45) is 5.73 Å². The van der Waals surface area contributed by atoms with Gasteiger partial charge in [0.1, 0.15) is 5.82 Å². The van der Waals surface area contributed by atoms with Gasteiger partial charge in [0.25, 0.3) is 5.56 Å². The molecule has 1 heterocycles. The molecule has 1 atom stereocenters. The summed E-state index contributed by atoms with van der Waals surface area (Å²) in [6.45, 7) is 2.78. The standard InChI is InChI=1S/C16H19FN2O/c1-2-3-10-19-11-4-5-14(16(19)20)15(18)12-6-8-13(17)9-7-12/h4-9,11,15H,2-3,10,18H2,1H3. The molecule has 0 saturated heterocycles. The topological polar surface area (TPSA) is 48.0 Å². The summed E-state index contributed by atoms with van der Waals surface area (Å²) in [6.07, 6.45) is 3.76. The molecule has 0 radical (unpaired) electrons. The Morgan fingerprint density at radius 2 is 1.95 bits per heavy atom. The largest absolute Gasteiger partial charge is 0.320 e. The van der Waals surface area contributed by atoms with E-state index >= 15 is 0 Å². The molecule has 1 aromatic carbocycles. The summed E-state index contributed by atoms with van der Waals surface area (Å²) >= 11 is 0. The van der Waals surface area contributed by atoms with Crippen molar-refractivity contribution in [2.45, 2.75) is 32.4 Å². The van der Waals surface area contributed by atoms with E-state index in [0.717, 1.165) is 18.4 Å². The van der Waals surface area contributed by atoms with Crippen LogP contribution in [0.1, 0.15) is 36.9 Å². The van der Waals surface area contributed by atoms with Gasteiger partial charge in [-0.25, -0.2) is 4.39 Å². The highest BCUT2D eigenvalue weighted by Gasteiger charge is 2.13. The summed E-state index contributed by atoms with van der Waals surface area (Å²) in [6, 6.07) is 8.97. The summed E-state index contributed by atoms with van der Waals surface area (Å²) in [4.78, 5) is 12.4. The molecule has 0 fully saturated rings. The minimum Gasteiger partial charge on any atom is -0.320 e. The van der Waals surface area contributed by atoms with Crippen molar-refractivity contribution in [3.8, 4) is 0 Å². The van der Waals surface area contributed by atoms with E-state index in [2.05, 4.69) is 6.92 Å². The first kappa shape index (κ1) is 14.5. The maximum atomic E-state index is 12.9. The first-order chi connectivity index (χ1) is 9.63. The zero-order valence-electron chi connectivity index (χ0n) is 11.6. The molecule has 2 rings (SSSR count). The molecule has 20 heavy (non-hydrogen) atoms. The van der Waals surface area contributed by atoms with Crippen molar-refractivity contribution >= 4 is 0 Å². The molecule has 0 amide bonds. The fourth-order valence-corrected chi connectivity index (χ4v) is 2.15. The molecule has 2 N–H and O–H groups in total. The van der Waals surface area contributed by atoms with Gasteiger partial charge in [-0.3, -0.25) is 4.79 Å². The van der Waals surface area contributed by atoms with Gasteiger partial charge in [-0.15, -0.1) is 0 Å². The summed E-state index contributed by atoms with van der Waals surface area (Å²) in [5, 5.41) is 0. The number of rotatable bonds is 5. The Labute approximate surface area is 117 Å². The Morgan fingerprint density at radius 3 is 2.60 bits per heavy atom. The minimum atomic E-state index is -0.530. The fraction of sp³-hybridized carbons (Fsp3) is 0.312. The third-order valence-electron chi connectivity index (χ3n) is 3.37. The Morgan fingerprint density at radius 1 is 1.25 bits per heavy atom. The number of halogens is 1.